The Hall–Kier alpha value is -2.82. The highest BCUT2D eigenvalue weighted by molar-refractivity contribution is 5.97. The highest BCUT2D eigenvalue weighted by Gasteiger charge is 2.22. The third kappa shape index (κ3) is 4.32. The molecule has 0 saturated heterocycles. The highest BCUT2D eigenvalue weighted by Crippen LogP contribution is 2.13. The van der Waals surface area contributed by atoms with E-state index in [-0.39, 0.29) is 5.91 Å². The molecule has 5 nitrogen and oxygen atoms in total. The summed E-state index contributed by atoms with van der Waals surface area (Å²) in [5, 5.41) is 2.72. The third-order valence-electron chi connectivity index (χ3n) is 3.61. The standard InChI is InChI=1S/C18H20N2O3/c1-12-10-14(8-9-15(12)19)17(21)20-16(18(22)23-2)11-13-6-4-3-5-7-13/h3-10,16H,11,19H2,1-2H3,(H,20,21)/t16-/m0/s1. The molecule has 0 saturated carbocycles. The van der Waals surface area contributed by atoms with Gasteiger partial charge in [0.25, 0.3) is 5.91 Å². The number of amides is 1. The number of methoxy groups -OCH3 is 1. The number of benzene rings is 2. The Kier molecular flexibility index (Phi) is 5.36. The van der Waals surface area contributed by atoms with E-state index >= 15 is 0 Å². The van der Waals surface area contributed by atoms with E-state index in [0.29, 0.717) is 17.7 Å². The third-order valence-corrected chi connectivity index (χ3v) is 3.61. The van der Waals surface area contributed by atoms with E-state index < -0.39 is 12.0 Å². The van der Waals surface area contributed by atoms with Crippen LogP contribution in [0.2, 0.25) is 0 Å². The molecule has 0 heterocycles. The van der Waals surface area contributed by atoms with E-state index in [1.165, 1.54) is 7.11 Å². The van der Waals surface area contributed by atoms with Gasteiger partial charge in [0.2, 0.25) is 0 Å². The zero-order valence-corrected chi connectivity index (χ0v) is 13.2. The maximum Gasteiger partial charge on any atom is 0.328 e. The van der Waals surface area contributed by atoms with Crippen molar-refractivity contribution in [2.24, 2.45) is 0 Å². The molecule has 0 aliphatic carbocycles. The summed E-state index contributed by atoms with van der Waals surface area (Å²) in [6.45, 7) is 1.83. The number of rotatable bonds is 5. The molecular weight excluding hydrogens is 292 g/mol. The molecule has 2 aromatic carbocycles. The van der Waals surface area contributed by atoms with Gasteiger partial charge in [-0.3, -0.25) is 4.79 Å². The maximum atomic E-state index is 12.4. The number of hydrogen-bond donors (Lipinski definition) is 2. The molecular formula is C18H20N2O3. The first-order valence-electron chi connectivity index (χ1n) is 7.30. The zero-order valence-electron chi connectivity index (χ0n) is 13.2. The Morgan fingerprint density at radius 1 is 1.17 bits per heavy atom. The molecule has 0 fully saturated rings. The van der Waals surface area contributed by atoms with Gasteiger partial charge < -0.3 is 15.8 Å². The molecule has 0 aromatic heterocycles. The quantitative estimate of drug-likeness (QED) is 0.654. The average molecular weight is 312 g/mol. The molecule has 0 aliphatic rings. The molecule has 2 aromatic rings. The molecule has 120 valence electrons. The van der Waals surface area contributed by atoms with Crippen LogP contribution in [0.25, 0.3) is 0 Å². The second-order valence-electron chi connectivity index (χ2n) is 5.31. The lowest BCUT2D eigenvalue weighted by Gasteiger charge is -2.17. The lowest BCUT2D eigenvalue weighted by Crippen LogP contribution is -2.43. The maximum absolute atomic E-state index is 12.4. The van der Waals surface area contributed by atoms with Gasteiger partial charge in [0.1, 0.15) is 6.04 Å². The molecule has 0 radical (unpaired) electrons. The second-order valence-corrected chi connectivity index (χ2v) is 5.31. The molecule has 5 heteroatoms. The number of esters is 1. The van der Waals surface area contributed by atoms with Gasteiger partial charge in [-0.2, -0.15) is 0 Å². The first-order chi connectivity index (χ1) is 11.0. The van der Waals surface area contributed by atoms with E-state index in [2.05, 4.69) is 5.32 Å². The number of nitrogens with one attached hydrogen (secondary N) is 1. The van der Waals surface area contributed by atoms with E-state index in [0.717, 1.165) is 11.1 Å². The Morgan fingerprint density at radius 2 is 1.87 bits per heavy atom. The average Bonchev–Trinajstić information content (AvgIpc) is 2.56. The zero-order chi connectivity index (χ0) is 16.8. The number of nitrogens with two attached hydrogens (primary N) is 1. The number of aryl methyl sites for hydroxylation is 1. The van der Waals surface area contributed by atoms with Gasteiger partial charge in [-0.1, -0.05) is 30.3 Å². The number of carbonyl (C=O) groups is 2. The molecule has 1 amide bonds. The smallest absolute Gasteiger partial charge is 0.328 e. The minimum absolute atomic E-state index is 0.334. The molecule has 0 unspecified atom stereocenters. The fourth-order valence-electron chi connectivity index (χ4n) is 2.24. The summed E-state index contributed by atoms with van der Waals surface area (Å²) < 4.78 is 4.79. The summed E-state index contributed by atoms with van der Waals surface area (Å²) in [4.78, 5) is 24.3. The van der Waals surface area contributed by atoms with Gasteiger partial charge >= 0.3 is 5.97 Å². The van der Waals surface area contributed by atoms with Gasteiger partial charge in [0, 0.05) is 17.7 Å². The molecule has 2 rings (SSSR count). The van der Waals surface area contributed by atoms with Gasteiger partial charge in [-0.15, -0.1) is 0 Å². The molecule has 0 spiro atoms. The summed E-state index contributed by atoms with van der Waals surface area (Å²) in [5.41, 5.74) is 8.59. The van der Waals surface area contributed by atoms with E-state index in [4.69, 9.17) is 10.5 Å². The van der Waals surface area contributed by atoms with Crippen molar-refractivity contribution in [3.05, 3.63) is 65.2 Å². The van der Waals surface area contributed by atoms with Crippen LogP contribution in [-0.4, -0.2) is 25.0 Å². The van der Waals surface area contributed by atoms with E-state index in [1.54, 1.807) is 18.2 Å². The van der Waals surface area contributed by atoms with Crippen LogP contribution in [0.4, 0.5) is 5.69 Å². The van der Waals surface area contributed by atoms with Gasteiger partial charge in [0.05, 0.1) is 7.11 Å². The minimum atomic E-state index is -0.743. The Bertz CT molecular complexity index is 699. The Labute approximate surface area is 135 Å². The van der Waals surface area contributed by atoms with Crippen molar-refractivity contribution in [1.82, 2.24) is 5.32 Å². The van der Waals surface area contributed by atoms with Gasteiger partial charge in [0.15, 0.2) is 0 Å². The summed E-state index contributed by atoms with van der Waals surface area (Å²) in [5.74, 6) is -0.811. The number of anilines is 1. The predicted octanol–water partition coefficient (Wildman–Crippen LogP) is 2.09. The van der Waals surface area contributed by atoms with Crippen LogP contribution in [0.15, 0.2) is 48.5 Å². The lowest BCUT2D eigenvalue weighted by atomic mass is 10.0. The normalized spacial score (nSPS) is 11.6. The highest BCUT2D eigenvalue weighted by atomic mass is 16.5. The largest absolute Gasteiger partial charge is 0.467 e. The second kappa shape index (κ2) is 7.45. The molecule has 1 atom stereocenters. The first-order valence-corrected chi connectivity index (χ1v) is 7.30. The topological polar surface area (TPSA) is 81.4 Å². The van der Waals surface area contributed by atoms with Crippen molar-refractivity contribution in [1.29, 1.82) is 0 Å². The van der Waals surface area contributed by atoms with Crippen molar-refractivity contribution in [2.75, 3.05) is 12.8 Å². The van der Waals surface area contributed by atoms with Crippen LogP contribution in [0.5, 0.6) is 0 Å². The van der Waals surface area contributed by atoms with Crippen molar-refractivity contribution >= 4 is 17.6 Å². The van der Waals surface area contributed by atoms with Crippen molar-refractivity contribution in [3.8, 4) is 0 Å². The van der Waals surface area contributed by atoms with Crippen LogP contribution in [0.1, 0.15) is 21.5 Å². The van der Waals surface area contributed by atoms with E-state index in [1.807, 2.05) is 37.3 Å². The molecule has 23 heavy (non-hydrogen) atoms. The monoisotopic (exact) mass is 312 g/mol. The van der Waals surface area contributed by atoms with Crippen LogP contribution in [0, 0.1) is 6.92 Å². The van der Waals surface area contributed by atoms with Crippen molar-refractivity contribution in [3.63, 3.8) is 0 Å². The molecule has 3 N–H and O–H groups in total. The summed E-state index contributed by atoms with van der Waals surface area (Å²) in [7, 11) is 1.31. The van der Waals surface area contributed by atoms with Crippen LogP contribution >= 0.6 is 0 Å². The number of ether oxygens (including phenoxy) is 1. The summed E-state index contributed by atoms with van der Waals surface area (Å²) in [6.07, 6.45) is 0.368. The fraction of sp³-hybridized carbons (Fsp3) is 0.222. The Balaban J connectivity index is 2.15. The van der Waals surface area contributed by atoms with Crippen LogP contribution in [-0.2, 0) is 16.0 Å². The molecule has 0 aliphatic heterocycles. The van der Waals surface area contributed by atoms with E-state index in [9.17, 15) is 9.59 Å². The number of nitrogen functional groups attached to an aromatic ring is 1. The molecule has 0 bridgehead atoms. The van der Waals surface area contributed by atoms with Crippen molar-refractivity contribution in [2.45, 2.75) is 19.4 Å². The summed E-state index contributed by atoms with van der Waals surface area (Å²) >= 11 is 0. The predicted molar refractivity (Wildman–Crippen MR) is 89.0 cm³/mol. The van der Waals surface area contributed by atoms with Crippen LogP contribution < -0.4 is 11.1 Å². The number of carbonyl (C=O) groups excluding carboxylic acids is 2. The Morgan fingerprint density at radius 3 is 2.48 bits per heavy atom. The number of hydrogen-bond acceptors (Lipinski definition) is 4. The minimum Gasteiger partial charge on any atom is -0.467 e. The van der Waals surface area contributed by atoms with Gasteiger partial charge in [-0.25, -0.2) is 4.79 Å². The van der Waals surface area contributed by atoms with Crippen LogP contribution in [0.3, 0.4) is 0 Å². The SMILES string of the molecule is COC(=O)[C@H](Cc1ccccc1)NC(=O)c1ccc(N)c(C)c1. The fourth-order valence-corrected chi connectivity index (χ4v) is 2.24. The first kappa shape index (κ1) is 16.5. The van der Waals surface area contributed by atoms with Gasteiger partial charge in [-0.05, 0) is 36.2 Å². The lowest BCUT2D eigenvalue weighted by molar-refractivity contribution is -0.142. The summed E-state index contributed by atoms with van der Waals surface area (Å²) in [6, 6.07) is 13.7. The van der Waals surface area contributed by atoms with Crippen molar-refractivity contribution < 1.29 is 14.3 Å².